The van der Waals surface area contributed by atoms with Crippen molar-refractivity contribution in [2.24, 2.45) is 0 Å². The molecule has 2 N–H and O–H groups in total. The molecule has 1 amide bonds. The number of hydrogen-bond acceptors (Lipinski definition) is 4. The highest BCUT2D eigenvalue weighted by atomic mass is 32.2. The number of hydrogen-bond donors (Lipinski definition) is 2. The van der Waals surface area contributed by atoms with Crippen LogP contribution in [-0.2, 0) is 14.8 Å². The van der Waals surface area contributed by atoms with E-state index in [-0.39, 0.29) is 4.21 Å². The standard InChI is InChI=1S/C20H20N2O3S2/c1-14-8-6-9-15(2)18(14)21-20(23)19(16-10-4-3-5-11-16)22-27(24,25)17-12-7-13-26-17/h3-13,19,22H,1-2H3,(H,21,23)/t19-/m1/s1. The number of nitrogens with one attached hydrogen (secondary N) is 2. The molecule has 0 unspecified atom stereocenters. The molecule has 140 valence electrons. The Bertz CT molecular complexity index is 1010. The van der Waals surface area contributed by atoms with E-state index in [0.29, 0.717) is 11.3 Å². The number of anilines is 1. The molecule has 7 heteroatoms. The lowest BCUT2D eigenvalue weighted by atomic mass is 10.1. The minimum absolute atomic E-state index is 0.170. The van der Waals surface area contributed by atoms with Gasteiger partial charge in [-0.1, -0.05) is 54.6 Å². The van der Waals surface area contributed by atoms with Crippen molar-refractivity contribution in [3.63, 3.8) is 0 Å². The Morgan fingerprint density at radius 1 is 0.926 bits per heavy atom. The normalized spacial score (nSPS) is 12.5. The summed E-state index contributed by atoms with van der Waals surface area (Å²) in [5.74, 6) is -0.432. The minimum atomic E-state index is -3.81. The molecule has 0 aliphatic carbocycles. The van der Waals surface area contributed by atoms with E-state index in [4.69, 9.17) is 0 Å². The summed E-state index contributed by atoms with van der Waals surface area (Å²) >= 11 is 1.11. The van der Waals surface area contributed by atoms with Gasteiger partial charge in [0.15, 0.2) is 0 Å². The summed E-state index contributed by atoms with van der Waals surface area (Å²) in [5, 5.41) is 4.57. The number of thiophene rings is 1. The van der Waals surface area contributed by atoms with E-state index in [0.717, 1.165) is 22.5 Å². The molecule has 1 aromatic heterocycles. The van der Waals surface area contributed by atoms with Gasteiger partial charge >= 0.3 is 0 Å². The van der Waals surface area contributed by atoms with E-state index in [9.17, 15) is 13.2 Å². The van der Waals surface area contributed by atoms with Crippen molar-refractivity contribution in [3.8, 4) is 0 Å². The lowest BCUT2D eigenvalue weighted by molar-refractivity contribution is -0.117. The predicted molar refractivity (Wildman–Crippen MR) is 108 cm³/mol. The first kappa shape index (κ1) is 19.3. The molecule has 1 heterocycles. The first-order valence-electron chi connectivity index (χ1n) is 8.36. The van der Waals surface area contributed by atoms with Crippen LogP contribution in [0, 0.1) is 13.8 Å². The maximum absolute atomic E-state index is 13.0. The quantitative estimate of drug-likeness (QED) is 0.656. The first-order valence-corrected chi connectivity index (χ1v) is 10.7. The molecule has 0 fully saturated rings. The molecule has 0 aliphatic rings. The number of carbonyl (C=O) groups excluding carboxylic acids is 1. The van der Waals surface area contributed by atoms with Crippen molar-refractivity contribution in [1.29, 1.82) is 0 Å². The van der Waals surface area contributed by atoms with E-state index in [2.05, 4.69) is 10.0 Å². The van der Waals surface area contributed by atoms with E-state index in [1.165, 1.54) is 6.07 Å². The Morgan fingerprint density at radius 2 is 1.59 bits per heavy atom. The van der Waals surface area contributed by atoms with Crippen LogP contribution in [0.5, 0.6) is 0 Å². The van der Waals surface area contributed by atoms with Gasteiger partial charge in [0, 0.05) is 5.69 Å². The Kier molecular flexibility index (Phi) is 5.74. The monoisotopic (exact) mass is 400 g/mol. The molecule has 0 bridgehead atoms. The van der Waals surface area contributed by atoms with Gasteiger partial charge in [-0.2, -0.15) is 4.72 Å². The predicted octanol–water partition coefficient (Wildman–Crippen LogP) is 4.02. The topological polar surface area (TPSA) is 75.3 Å². The van der Waals surface area contributed by atoms with Crippen LogP contribution in [-0.4, -0.2) is 14.3 Å². The van der Waals surface area contributed by atoms with E-state index < -0.39 is 22.0 Å². The molecule has 5 nitrogen and oxygen atoms in total. The van der Waals surface area contributed by atoms with Crippen LogP contribution < -0.4 is 10.0 Å². The fourth-order valence-electron chi connectivity index (χ4n) is 2.76. The zero-order valence-corrected chi connectivity index (χ0v) is 16.6. The summed E-state index contributed by atoms with van der Waals surface area (Å²) < 4.78 is 28.1. The van der Waals surface area contributed by atoms with Crippen LogP contribution in [0.1, 0.15) is 22.7 Å². The summed E-state index contributed by atoms with van der Waals surface area (Å²) in [4.78, 5) is 13.0. The molecule has 3 rings (SSSR count). The fraction of sp³-hybridized carbons (Fsp3) is 0.150. The molecule has 3 aromatic rings. The second kappa shape index (κ2) is 8.04. The van der Waals surface area contributed by atoms with Gasteiger partial charge in [-0.15, -0.1) is 11.3 Å². The van der Waals surface area contributed by atoms with Gasteiger partial charge in [-0.3, -0.25) is 4.79 Å². The lowest BCUT2D eigenvalue weighted by Gasteiger charge is -2.20. The Morgan fingerprint density at radius 3 is 2.19 bits per heavy atom. The van der Waals surface area contributed by atoms with Gasteiger partial charge < -0.3 is 5.32 Å². The van der Waals surface area contributed by atoms with Gasteiger partial charge in [0.1, 0.15) is 10.3 Å². The molecule has 2 aromatic carbocycles. The summed E-state index contributed by atoms with van der Waals surface area (Å²) in [6, 6.07) is 16.7. The van der Waals surface area contributed by atoms with Crippen molar-refractivity contribution in [2.75, 3.05) is 5.32 Å². The molecular formula is C20H20N2O3S2. The van der Waals surface area contributed by atoms with Crippen LogP contribution in [0.25, 0.3) is 0 Å². The Hall–Kier alpha value is -2.48. The molecule has 0 aliphatic heterocycles. The second-order valence-electron chi connectivity index (χ2n) is 6.15. The second-order valence-corrected chi connectivity index (χ2v) is 9.04. The van der Waals surface area contributed by atoms with Gasteiger partial charge in [0.05, 0.1) is 0 Å². The number of sulfonamides is 1. The molecular weight excluding hydrogens is 380 g/mol. The number of aryl methyl sites for hydroxylation is 2. The maximum atomic E-state index is 13.0. The Labute approximate surface area is 163 Å². The number of rotatable bonds is 6. The number of amides is 1. The fourth-order valence-corrected chi connectivity index (χ4v) is 4.95. The third kappa shape index (κ3) is 4.44. The zero-order chi connectivity index (χ0) is 19.4. The van der Waals surface area contributed by atoms with E-state index in [1.807, 2.05) is 38.1 Å². The van der Waals surface area contributed by atoms with Crippen molar-refractivity contribution in [3.05, 3.63) is 82.7 Å². The average Bonchev–Trinajstić information content (AvgIpc) is 3.19. The van der Waals surface area contributed by atoms with Crippen LogP contribution in [0.2, 0.25) is 0 Å². The third-order valence-electron chi connectivity index (χ3n) is 4.16. The molecule has 0 saturated carbocycles. The van der Waals surface area contributed by atoms with Crippen molar-refractivity contribution < 1.29 is 13.2 Å². The van der Waals surface area contributed by atoms with Crippen molar-refractivity contribution in [1.82, 2.24) is 4.72 Å². The van der Waals surface area contributed by atoms with Crippen LogP contribution in [0.15, 0.2) is 70.3 Å². The van der Waals surface area contributed by atoms with Gasteiger partial charge in [-0.25, -0.2) is 8.42 Å². The maximum Gasteiger partial charge on any atom is 0.251 e. The molecule has 0 spiro atoms. The number of carbonyl (C=O) groups is 1. The SMILES string of the molecule is Cc1cccc(C)c1NC(=O)[C@H](NS(=O)(=O)c1cccs1)c1ccccc1. The van der Waals surface area contributed by atoms with E-state index >= 15 is 0 Å². The largest absolute Gasteiger partial charge is 0.324 e. The summed E-state index contributed by atoms with van der Waals surface area (Å²) in [6.07, 6.45) is 0. The molecule has 0 saturated heterocycles. The summed E-state index contributed by atoms with van der Waals surface area (Å²) in [5.41, 5.74) is 3.09. The lowest BCUT2D eigenvalue weighted by Crippen LogP contribution is -2.37. The van der Waals surface area contributed by atoms with Gasteiger partial charge in [0.25, 0.3) is 10.0 Å². The zero-order valence-electron chi connectivity index (χ0n) is 15.0. The minimum Gasteiger partial charge on any atom is -0.324 e. The van der Waals surface area contributed by atoms with Gasteiger partial charge in [-0.05, 0) is 42.0 Å². The highest BCUT2D eigenvalue weighted by Gasteiger charge is 2.28. The Balaban J connectivity index is 1.94. The number of para-hydroxylation sites is 1. The van der Waals surface area contributed by atoms with Crippen LogP contribution >= 0.6 is 11.3 Å². The molecule has 0 radical (unpaired) electrons. The smallest absolute Gasteiger partial charge is 0.251 e. The van der Waals surface area contributed by atoms with Gasteiger partial charge in [0.2, 0.25) is 5.91 Å². The van der Waals surface area contributed by atoms with Crippen LogP contribution in [0.4, 0.5) is 5.69 Å². The van der Waals surface area contributed by atoms with Crippen LogP contribution in [0.3, 0.4) is 0 Å². The summed E-state index contributed by atoms with van der Waals surface area (Å²) in [7, 11) is -3.81. The van der Waals surface area contributed by atoms with Crippen molar-refractivity contribution >= 4 is 33.0 Å². The third-order valence-corrected chi connectivity index (χ3v) is 6.98. The molecule has 1 atom stereocenters. The molecule has 27 heavy (non-hydrogen) atoms. The number of benzene rings is 2. The highest BCUT2D eigenvalue weighted by Crippen LogP contribution is 2.24. The first-order chi connectivity index (χ1) is 12.9. The average molecular weight is 401 g/mol. The van der Waals surface area contributed by atoms with Crippen molar-refractivity contribution in [2.45, 2.75) is 24.1 Å². The van der Waals surface area contributed by atoms with E-state index in [1.54, 1.807) is 35.7 Å². The highest BCUT2D eigenvalue weighted by molar-refractivity contribution is 7.91. The summed E-state index contributed by atoms with van der Waals surface area (Å²) in [6.45, 7) is 3.80.